The third-order valence-corrected chi connectivity index (χ3v) is 6.21. The average Bonchev–Trinajstić information content (AvgIpc) is 2.76. The maximum absolute atomic E-state index is 13.4. The van der Waals surface area contributed by atoms with Crippen LogP contribution in [-0.4, -0.2) is 39.7 Å². The van der Waals surface area contributed by atoms with Gasteiger partial charge in [0.2, 0.25) is 5.75 Å². The van der Waals surface area contributed by atoms with E-state index in [-0.39, 0.29) is 11.2 Å². The van der Waals surface area contributed by atoms with Crippen LogP contribution in [0.15, 0.2) is 34.7 Å². The van der Waals surface area contributed by atoms with Crippen molar-refractivity contribution in [2.75, 3.05) is 27.9 Å². The van der Waals surface area contributed by atoms with Gasteiger partial charge in [0.25, 0.3) is 0 Å². The van der Waals surface area contributed by atoms with Crippen LogP contribution in [0.4, 0.5) is 0 Å². The second-order valence-corrected chi connectivity index (χ2v) is 9.38. The quantitative estimate of drug-likeness (QED) is 0.449. The standard InChI is InChI=1S/C26H35NO6/c1-8-9-10-33-25(29)21-15(2)27-17-13-26(3,4)14-18(28)23(17)22(21)16-11-19(30-5)24(32-7)20(12-16)31-6/h11-12,22,27H,8-10,13-14H2,1-7H3. The number of unbranched alkanes of at least 4 members (excludes halogenated alkanes) is 1. The summed E-state index contributed by atoms with van der Waals surface area (Å²) in [6.07, 6.45) is 2.82. The number of nitrogens with one attached hydrogen (secondary N) is 1. The highest BCUT2D eigenvalue weighted by Crippen LogP contribution is 2.49. The van der Waals surface area contributed by atoms with E-state index in [1.807, 2.05) is 26.0 Å². The molecule has 0 fully saturated rings. The number of carbonyl (C=O) groups excluding carboxylic acids is 2. The van der Waals surface area contributed by atoms with Crippen molar-refractivity contribution in [3.8, 4) is 17.2 Å². The molecule has 1 aliphatic carbocycles. The molecule has 1 aromatic rings. The summed E-state index contributed by atoms with van der Waals surface area (Å²) in [5.41, 5.74) is 3.15. The highest BCUT2D eigenvalue weighted by atomic mass is 16.5. The van der Waals surface area contributed by atoms with Crippen LogP contribution >= 0.6 is 0 Å². The van der Waals surface area contributed by atoms with Crippen LogP contribution in [0, 0.1) is 5.41 Å². The first-order valence-electron chi connectivity index (χ1n) is 11.4. The maximum Gasteiger partial charge on any atom is 0.336 e. The molecule has 0 saturated carbocycles. The van der Waals surface area contributed by atoms with Crippen molar-refractivity contribution < 1.29 is 28.5 Å². The number of hydrogen-bond donors (Lipinski definition) is 1. The van der Waals surface area contributed by atoms with Gasteiger partial charge in [-0.3, -0.25) is 4.79 Å². The first-order valence-corrected chi connectivity index (χ1v) is 11.4. The van der Waals surface area contributed by atoms with Gasteiger partial charge in [0.15, 0.2) is 17.3 Å². The molecule has 1 unspecified atom stereocenters. The lowest BCUT2D eigenvalue weighted by Gasteiger charge is -2.39. The minimum atomic E-state index is -0.590. The van der Waals surface area contributed by atoms with Crippen molar-refractivity contribution >= 4 is 11.8 Å². The Balaban J connectivity index is 2.21. The van der Waals surface area contributed by atoms with E-state index in [4.69, 9.17) is 18.9 Å². The van der Waals surface area contributed by atoms with Crippen LogP contribution in [0.5, 0.6) is 17.2 Å². The fraction of sp³-hybridized carbons (Fsp3) is 0.538. The van der Waals surface area contributed by atoms with E-state index in [1.165, 1.54) is 0 Å². The number of allylic oxidation sites excluding steroid dienone is 3. The Bertz CT molecular complexity index is 979. The highest BCUT2D eigenvalue weighted by molar-refractivity contribution is 6.04. The molecule has 3 rings (SSSR count). The Hall–Kier alpha value is -2.96. The number of methoxy groups -OCH3 is 3. The van der Waals surface area contributed by atoms with Gasteiger partial charge in [-0.1, -0.05) is 27.2 Å². The van der Waals surface area contributed by atoms with Gasteiger partial charge in [0, 0.05) is 29.3 Å². The highest BCUT2D eigenvalue weighted by Gasteiger charge is 2.43. The fourth-order valence-electron chi connectivity index (χ4n) is 4.69. The van der Waals surface area contributed by atoms with Crippen molar-refractivity contribution in [1.82, 2.24) is 5.32 Å². The smallest absolute Gasteiger partial charge is 0.336 e. The van der Waals surface area contributed by atoms with Gasteiger partial charge in [-0.15, -0.1) is 0 Å². The first-order chi connectivity index (χ1) is 15.7. The molecule has 33 heavy (non-hydrogen) atoms. The van der Waals surface area contributed by atoms with Crippen LogP contribution in [0.1, 0.15) is 64.9 Å². The Morgan fingerprint density at radius 1 is 1.09 bits per heavy atom. The summed E-state index contributed by atoms with van der Waals surface area (Å²) in [6, 6.07) is 3.61. The summed E-state index contributed by atoms with van der Waals surface area (Å²) < 4.78 is 22.2. The van der Waals surface area contributed by atoms with Crippen molar-refractivity contribution in [1.29, 1.82) is 0 Å². The number of dihydropyridines is 1. The molecule has 1 atom stereocenters. The Labute approximate surface area is 196 Å². The van der Waals surface area contributed by atoms with Crippen molar-refractivity contribution in [2.45, 2.75) is 59.3 Å². The van der Waals surface area contributed by atoms with Gasteiger partial charge in [-0.05, 0) is 42.9 Å². The molecule has 2 aliphatic rings. The summed E-state index contributed by atoms with van der Waals surface area (Å²) in [7, 11) is 4.63. The van der Waals surface area contributed by atoms with Crippen LogP contribution in [0.25, 0.3) is 0 Å². The third kappa shape index (κ3) is 4.87. The predicted octanol–water partition coefficient (Wildman–Crippen LogP) is 4.66. The monoisotopic (exact) mass is 457 g/mol. The molecule has 0 aromatic heterocycles. The van der Waals surface area contributed by atoms with E-state index in [2.05, 4.69) is 19.2 Å². The normalized spacial score (nSPS) is 19.6. The SMILES string of the molecule is CCCCOC(=O)C1=C(C)NC2=C(C(=O)CC(C)(C)C2)C1c1cc(OC)c(OC)c(OC)c1. The van der Waals surface area contributed by atoms with Crippen molar-refractivity contribution in [3.63, 3.8) is 0 Å². The molecule has 0 spiro atoms. The minimum Gasteiger partial charge on any atom is -0.493 e. The van der Waals surface area contributed by atoms with Crippen LogP contribution in [0.2, 0.25) is 0 Å². The molecule has 7 nitrogen and oxygen atoms in total. The third-order valence-electron chi connectivity index (χ3n) is 6.21. The molecule has 1 aliphatic heterocycles. The number of ether oxygens (including phenoxy) is 4. The lowest BCUT2D eigenvalue weighted by Crippen LogP contribution is -2.38. The molecular formula is C26H35NO6. The molecule has 1 N–H and O–H groups in total. The second-order valence-electron chi connectivity index (χ2n) is 9.38. The van der Waals surface area contributed by atoms with Gasteiger partial charge in [-0.25, -0.2) is 4.79 Å². The van der Waals surface area contributed by atoms with Crippen molar-refractivity contribution in [3.05, 3.63) is 40.2 Å². The Morgan fingerprint density at radius 3 is 2.27 bits per heavy atom. The van der Waals surface area contributed by atoms with Crippen LogP contribution in [-0.2, 0) is 14.3 Å². The molecule has 0 radical (unpaired) electrons. The first kappa shape index (κ1) is 24.7. The fourth-order valence-corrected chi connectivity index (χ4v) is 4.69. The molecule has 0 amide bonds. The molecule has 180 valence electrons. The number of rotatable bonds is 8. The number of Topliss-reactive ketones (excluding diaryl/α,β-unsaturated/α-hetero) is 1. The van der Waals surface area contributed by atoms with Gasteiger partial charge in [0.05, 0.1) is 33.5 Å². The van der Waals surface area contributed by atoms with Gasteiger partial charge in [0.1, 0.15) is 0 Å². The summed E-state index contributed by atoms with van der Waals surface area (Å²) in [5, 5.41) is 3.36. The van der Waals surface area contributed by atoms with Crippen molar-refractivity contribution in [2.24, 2.45) is 5.41 Å². The molecule has 0 saturated heterocycles. The number of benzene rings is 1. The topological polar surface area (TPSA) is 83.1 Å². The number of esters is 1. The summed E-state index contributed by atoms with van der Waals surface area (Å²) >= 11 is 0. The van der Waals surface area contributed by atoms with Crippen LogP contribution < -0.4 is 19.5 Å². The largest absolute Gasteiger partial charge is 0.493 e. The predicted molar refractivity (Wildman–Crippen MR) is 126 cm³/mol. The summed E-state index contributed by atoms with van der Waals surface area (Å²) in [5.74, 6) is 0.402. The Morgan fingerprint density at radius 2 is 1.73 bits per heavy atom. The van der Waals surface area contributed by atoms with E-state index in [1.54, 1.807) is 21.3 Å². The number of carbonyl (C=O) groups is 2. The number of hydrogen-bond acceptors (Lipinski definition) is 7. The molecule has 1 aromatic carbocycles. The molecule has 7 heteroatoms. The number of ketones is 1. The van der Waals surface area contributed by atoms with E-state index in [0.717, 1.165) is 18.5 Å². The molecular weight excluding hydrogens is 422 g/mol. The lowest BCUT2D eigenvalue weighted by molar-refractivity contribution is -0.139. The van der Waals surface area contributed by atoms with Gasteiger partial charge in [-0.2, -0.15) is 0 Å². The van der Waals surface area contributed by atoms with E-state index in [9.17, 15) is 9.59 Å². The zero-order valence-electron chi connectivity index (χ0n) is 20.7. The van der Waals surface area contributed by atoms with E-state index in [0.29, 0.717) is 59.1 Å². The summed E-state index contributed by atoms with van der Waals surface area (Å²) in [6.45, 7) is 8.40. The Kier molecular flexibility index (Phi) is 7.40. The molecule has 1 heterocycles. The van der Waals surface area contributed by atoms with Crippen LogP contribution in [0.3, 0.4) is 0 Å². The minimum absolute atomic E-state index is 0.0267. The second kappa shape index (κ2) is 9.89. The molecule has 0 bridgehead atoms. The van der Waals surface area contributed by atoms with E-state index >= 15 is 0 Å². The lowest BCUT2D eigenvalue weighted by atomic mass is 9.68. The van der Waals surface area contributed by atoms with Gasteiger partial charge >= 0.3 is 5.97 Å². The maximum atomic E-state index is 13.4. The van der Waals surface area contributed by atoms with Gasteiger partial charge < -0.3 is 24.3 Å². The van der Waals surface area contributed by atoms with E-state index < -0.39 is 11.9 Å². The zero-order chi connectivity index (χ0) is 24.3. The average molecular weight is 458 g/mol. The zero-order valence-corrected chi connectivity index (χ0v) is 20.7. The summed E-state index contributed by atoms with van der Waals surface area (Å²) in [4.78, 5) is 26.7.